The van der Waals surface area contributed by atoms with Crippen molar-refractivity contribution in [2.45, 2.75) is 32.7 Å². The highest BCUT2D eigenvalue weighted by atomic mass is 35.5. The van der Waals surface area contributed by atoms with Gasteiger partial charge in [-0.15, -0.1) is 0 Å². The zero-order valence-electron chi connectivity index (χ0n) is 10.4. The third-order valence-corrected chi connectivity index (χ3v) is 3.91. The van der Waals surface area contributed by atoms with Crippen molar-refractivity contribution in [3.05, 3.63) is 28.8 Å². The molecule has 0 amide bonds. The summed E-state index contributed by atoms with van der Waals surface area (Å²) in [5, 5.41) is 5.12. The normalized spacial score (nSPS) is 18.7. The smallest absolute Gasteiger partial charge is 0.161 e. The number of hydrogen-bond donors (Lipinski definition) is 1. The molecule has 92 valence electrons. The number of amidine groups is 1. The molecule has 2 nitrogen and oxygen atoms in total. The Kier molecular flexibility index (Phi) is 3.69. The first-order valence-electron chi connectivity index (χ1n) is 5.72. The molecule has 0 saturated carbocycles. The fourth-order valence-electron chi connectivity index (χ4n) is 1.67. The van der Waals surface area contributed by atoms with E-state index < -0.39 is 0 Å². The quantitative estimate of drug-likeness (QED) is 0.820. The van der Waals surface area contributed by atoms with Crippen LogP contribution < -0.4 is 5.32 Å². The topological polar surface area (TPSA) is 24.4 Å². The number of aliphatic imine (C=N–C) groups is 1. The van der Waals surface area contributed by atoms with Crippen molar-refractivity contribution >= 4 is 34.2 Å². The van der Waals surface area contributed by atoms with Gasteiger partial charge in [-0.05, 0) is 44.9 Å². The summed E-state index contributed by atoms with van der Waals surface area (Å²) in [5.74, 6) is 1.11. The minimum atomic E-state index is 0.0417. The van der Waals surface area contributed by atoms with Crippen molar-refractivity contribution in [3.8, 4) is 0 Å². The molecule has 0 unspecified atom stereocenters. The zero-order valence-corrected chi connectivity index (χ0v) is 12.0. The molecule has 1 heterocycles. The second-order valence-corrected chi connectivity index (χ2v) is 6.43. The molecular weight excluding hydrogens is 252 g/mol. The molecule has 2 rings (SSSR count). The van der Waals surface area contributed by atoms with Crippen LogP contribution in [0.2, 0.25) is 5.02 Å². The van der Waals surface area contributed by atoms with Crippen molar-refractivity contribution in [1.29, 1.82) is 0 Å². The molecule has 1 N–H and O–H groups in total. The number of halogens is 1. The van der Waals surface area contributed by atoms with Crippen molar-refractivity contribution < 1.29 is 0 Å². The fourth-order valence-corrected chi connectivity index (χ4v) is 3.13. The summed E-state index contributed by atoms with van der Waals surface area (Å²) in [6, 6.07) is 5.87. The van der Waals surface area contributed by atoms with Gasteiger partial charge in [0, 0.05) is 16.5 Å². The first-order valence-corrected chi connectivity index (χ1v) is 7.08. The van der Waals surface area contributed by atoms with Gasteiger partial charge in [0.1, 0.15) is 0 Å². The van der Waals surface area contributed by atoms with E-state index in [0.717, 1.165) is 28.1 Å². The van der Waals surface area contributed by atoms with Gasteiger partial charge < -0.3 is 5.32 Å². The highest BCUT2D eigenvalue weighted by Crippen LogP contribution is 2.28. The molecule has 17 heavy (non-hydrogen) atoms. The van der Waals surface area contributed by atoms with Crippen LogP contribution in [0.4, 0.5) is 5.69 Å². The SMILES string of the molecule is Cc1ccc(Cl)cc1NC1=NC(C)(C)CCS1. The summed E-state index contributed by atoms with van der Waals surface area (Å²) in [6.07, 6.45) is 1.12. The van der Waals surface area contributed by atoms with Crippen molar-refractivity contribution in [3.63, 3.8) is 0 Å². The second kappa shape index (κ2) is 4.91. The molecule has 1 aromatic rings. The molecule has 4 heteroatoms. The van der Waals surface area contributed by atoms with E-state index in [1.54, 1.807) is 11.8 Å². The van der Waals surface area contributed by atoms with Gasteiger partial charge in [-0.1, -0.05) is 29.4 Å². The molecule has 1 aliphatic heterocycles. The van der Waals surface area contributed by atoms with Gasteiger partial charge in [0.05, 0.1) is 5.54 Å². The van der Waals surface area contributed by atoms with Gasteiger partial charge in [-0.2, -0.15) is 0 Å². The third kappa shape index (κ3) is 3.39. The molecule has 0 radical (unpaired) electrons. The van der Waals surface area contributed by atoms with E-state index in [1.165, 1.54) is 5.56 Å². The predicted molar refractivity (Wildman–Crippen MR) is 78.4 cm³/mol. The van der Waals surface area contributed by atoms with E-state index in [1.807, 2.05) is 18.2 Å². The zero-order chi connectivity index (χ0) is 12.5. The summed E-state index contributed by atoms with van der Waals surface area (Å²) in [7, 11) is 0. The number of aryl methyl sites for hydroxylation is 1. The maximum Gasteiger partial charge on any atom is 0.161 e. The average molecular weight is 269 g/mol. The highest BCUT2D eigenvalue weighted by Gasteiger charge is 2.22. The largest absolute Gasteiger partial charge is 0.335 e. The Morgan fingerprint density at radius 1 is 1.41 bits per heavy atom. The highest BCUT2D eigenvalue weighted by molar-refractivity contribution is 8.14. The van der Waals surface area contributed by atoms with Crippen LogP contribution in [0.5, 0.6) is 0 Å². The van der Waals surface area contributed by atoms with Gasteiger partial charge >= 0.3 is 0 Å². The van der Waals surface area contributed by atoms with Crippen LogP contribution in [0.15, 0.2) is 23.2 Å². The Balaban J connectivity index is 2.21. The molecule has 0 bridgehead atoms. The van der Waals surface area contributed by atoms with E-state index in [0.29, 0.717) is 0 Å². The van der Waals surface area contributed by atoms with E-state index in [2.05, 4.69) is 26.1 Å². The Morgan fingerprint density at radius 2 is 2.18 bits per heavy atom. The summed E-state index contributed by atoms with van der Waals surface area (Å²) in [4.78, 5) is 4.71. The minimum Gasteiger partial charge on any atom is -0.335 e. The van der Waals surface area contributed by atoms with E-state index in [4.69, 9.17) is 16.6 Å². The maximum absolute atomic E-state index is 6.00. The van der Waals surface area contributed by atoms with E-state index in [-0.39, 0.29) is 5.54 Å². The number of benzene rings is 1. The first-order chi connectivity index (χ1) is 7.96. The molecule has 0 spiro atoms. The number of nitrogens with zero attached hydrogens (tertiary/aromatic N) is 1. The number of anilines is 1. The Bertz CT molecular complexity index is 455. The van der Waals surface area contributed by atoms with E-state index in [9.17, 15) is 0 Å². The van der Waals surface area contributed by atoms with Crippen LogP contribution in [0.25, 0.3) is 0 Å². The number of hydrogen-bond acceptors (Lipinski definition) is 3. The molecule has 0 atom stereocenters. The minimum absolute atomic E-state index is 0.0417. The summed E-state index contributed by atoms with van der Waals surface area (Å²) in [6.45, 7) is 6.40. The fraction of sp³-hybridized carbons (Fsp3) is 0.462. The maximum atomic E-state index is 6.00. The van der Waals surface area contributed by atoms with Crippen molar-refractivity contribution in [2.24, 2.45) is 4.99 Å². The molecule has 0 aromatic heterocycles. The summed E-state index contributed by atoms with van der Waals surface area (Å²) in [5.41, 5.74) is 2.27. The lowest BCUT2D eigenvalue weighted by atomic mass is 10.0. The van der Waals surface area contributed by atoms with Gasteiger partial charge in [0.2, 0.25) is 0 Å². The van der Waals surface area contributed by atoms with Crippen LogP contribution in [-0.2, 0) is 0 Å². The predicted octanol–water partition coefficient (Wildman–Crippen LogP) is 4.33. The molecule has 0 saturated heterocycles. The summed E-state index contributed by atoms with van der Waals surface area (Å²) < 4.78 is 0. The number of rotatable bonds is 1. The Labute approximate surface area is 112 Å². The van der Waals surface area contributed by atoms with Crippen LogP contribution in [0.1, 0.15) is 25.8 Å². The second-order valence-electron chi connectivity index (χ2n) is 4.91. The van der Waals surface area contributed by atoms with Crippen LogP contribution in [-0.4, -0.2) is 16.5 Å². The molecule has 1 aliphatic rings. The van der Waals surface area contributed by atoms with Crippen LogP contribution in [0.3, 0.4) is 0 Å². The standard InChI is InChI=1S/C13H17ClN2S/c1-9-4-5-10(14)8-11(9)15-12-16-13(2,3)6-7-17-12/h4-5,8H,6-7H2,1-3H3,(H,15,16). The lowest BCUT2D eigenvalue weighted by Gasteiger charge is -2.26. The monoisotopic (exact) mass is 268 g/mol. The third-order valence-electron chi connectivity index (χ3n) is 2.80. The van der Waals surface area contributed by atoms with Crippen LogP contribution >= 0.6 is 23.4 Å². The van der Waals surface area contributed by atoms with Gasteiger partial charge in [-0.3, -0.25) is 4.99 Å². The molecule has 1 aromatic carbocycles. The summed E-state index contributed by atoms with van der Waals surface area (Å²) >= 11 is 7.77. The number of thioether (sulfide) groups is 1. The first kappa shape index (κ1) is 12.8. The molecule has 0 fully saturated rings. The van der Waals surface area contributed by atoms with Gasteiger partial charge in [0.25, 0.3) is 0 Å². The van der Waals surface area contributed by atoms with Crippen molar-refractivity contribution in [2.75, 3.05) is 11.1 Å². The molecule has 0 aliphatic carbocycles. The van der Waals surface area contributed by atoms with Gasteiger partial charge in [0.15, 0.2) is 5.17 Å². The Hall–Kier alpha value is -0.670. The average Bonchev–Trinajstić information content (AvgIpc) is 2.22. The van der Waals surface area contributed by atoms with E-state index >= 15 is 0 Å². The van der Waals surface area contributed by atoms with Crippen molar-refractivity contribution in [1.82, 2.24) is 0 Å². The number of nitrogens with one attached hydrogen (secondary N) is 1. The lowest BCUT2D eigenvalue weighted by molar-refractivity contribution is 0.507. The van der Waals surface area contributed by atoms with Gasteiger partial charge in [-0.25, -0.2) is 0 Å². The molecular formula is C13H17ClN2S. The lowest BCUT2D eigenvalue weighted by Crippen LogP contribution is -2.27. The van der Waals surface area contributed by atoms with Crippen LogP contribution in [0, 0.1) is 6.92 Å². The Morgan fingerprint density at radius 3 is 2.88 bits per heavy atom.